The molecule has 0 saturated carbocycles. The molecule has 2 rings (SSSR count). The maximum atomic E-state index is 10.9. The minimum Gasteiger partial charge on any atom is -0.486 e. The third-order valence-corrected chi connectivity index (χ3v) is 3.17. The second kappa shape index (κ2) is 5.13. The minimum atomic E-state index is -3.93. The maximum Gasteiger partial charge on any atom is 0.298 e. The molecule has 0 aliphatic heterocycles. The van der Waals surface area contributed by atoms with E-state index in [1.807, 2.05) is 0 Å². The van der Waals surface area contributed by atoms with Crippen molar-refractivity contribution in [1.82, 2.24) is 15.2 Å². The monoisotopic (exact) mass is 307 g/mol. The van der Waals surface area contributed by atoms with Crippen molar-refractivity contribution in [2.75, 3.05) is 0 Å². The van der Waals surface area contributed by atoms with Gasteiger partial charge in [0.25, 0.3) is 14.2 Å². The van der Waals surface area contributed by atoms with Crippen LogP contribution in [-0.2, 0) is 15.7 Å². The molecule has 18 heavy (non-hydrogen) atoms. The van der Waals surface area contributed by atoms with Crippen LogP contribution in [-0.4, -0.2) is 23.6 Å². The van der Waals surface area contributed by atoms with Crippen molar-refractivity contribution < 1.29 is 13.2 Å². The first-order valence-electron chi connectivity index (χ1n) is 4.69. The van der Waals surface area contributed by atoms with Crippen molar-refractivity contribution in [3.05, 3.63) is 35.1 Å². The summed E-state index contributed by atoms with van der Waals surface area (Å²) in [7, 11) is 1.15. The number of H-pyrrole nitrogens is 1. The number of hydrogen-bond acceptors (Lipinski definition) is 5. The first-order chi connectivity index (χ1) is 8.45. The molecule has 0 atom stereocenters. The number of nitrogens with zero attached hydrogens (tertiary/aromatic N) is 2. The van der Waals surface area contributed by atoms with Crippen molar-refractivity contribution in [3.8, 4) is 5.75 Å². The number of hydrogen-bond donors (Lipinski definition) is 1. The van der Waals surface area contributed by atoms with Crippen LogP contribution in [0.3, 0.4) is 0 Å². The molecule has 2 aromatic rings. The Labute approximate surface area is 112 Å². The van der Waals surface area contributed by atoms with Crippen molar-refractivity contribution in [1.29, 1.82) is 0 Å². The van der Waals surface area contributed by atoms with E-state index >= 15 is 0 Å². The molecule has 1 N–H and O–H groups in total. The van der Waals surface area contributed by atoms with Gasteiger partial charge in [-0.15, -0.1) is 5.10 Å². The van der Waals surface area contributed by atoms with E-state index in [2.05, 4.69) is 15.2 Å². The zero-order chi connectivity index (χ0) is 13.2. The van der Waals surface area contributed by atoms with Crippen molar-refractivity contribution in [2.45, 2.75) is 11.8 Å². The van der Waals surface area contributed by atoms with Gasteiger partial charge in [0.15, 0.2) is 5.82 Å². The third kappa shape index (κ3) is 3.34. The summed E-state index contributed by atoms with van der Waals surface area (Å²) in [5.74, 6) is 0.781. The molecular weight excluding hydrogens is 301 g/mol. The quantitative estimate of drug-likeness (QED) is 0.873. The molecule has 1 heterocycles. The predicted octanol–water partition coefficient (Wildman–Crippen LogP) is 1.96. The van der Waals surface area contributed by atoms with Crippen LogP contribution in [0.2, 0.25) is 5.02 Å². The van der Waals surface area contributed by atoms with Gasteiger partial charge in [-0.1, -0.05) is 17.7 Å². The lowest BCUT2D eigenvalue weighted by Gasteiger charge is -2.03. The van der Waals surface area contributed by atoms with Crippen molar-refractivity contribution in [3.63, 3.8) is 0 Å². The molecule has 1 aromatic carbocycles. The van der Waals surface area contributed by atoms with Gasteiger partial charge in [-0.2, -0.15) is 4.98 Å². The second-order valence-electron chi connectivity index (χ2n) is 3.25. The number of aromatic nitrogens is 3. The number of ether oxygens (including phenoxy) is 1. The molecule has 0 fully saturated rings. The average molecular weight is 308 g/mol. The first kappa shape index (κ1) is 13.1. The normalized spacial score (nSPS) is 11.4. The Morgan fingerprint density at radius 3 is 2.78 bits per heavy atom. The van der Waals surface area contributed by atoms with E-state index in [-0.39, 0.29) is 12.4 Å². The first-order valence-corrected chi connectivity index (χ1v) is 7.38. The summed E-state index contributed by atoms with van der Waals surface area (Å²) in [5.41, 5.74) is 0. The zero-order valence-corrected chi connectivity index (χ0v) is 11.1. The molecule has 9 heteroatoms. The lowest BCUT2D eigenvalue weighted by atomic mass is 10.3. The molecule has 0 aliphatic carbocycles. The van der Waals surface area contributed by atoms with Crippen LogP contribution in [0.4, 0.5) is 0 Å². The van der Waals surface area contributed by atoms with Gasteiger partial charge >= 0.3 is 0 Å². The third-order valence-electron chi connectivity index (χ3n) is 1.90. The van der Waals surface area contributed by atoms with Gasteiger partial charge < -0.3 is 4.74 Å². The lowest BCUT2D eigenvalue weighted by molar-refractivity contribution is 0.296. The van der Waals surface area contributed by atoms with Gasteiger partial charge in [0.2, 0.25) is 0 Å². The summed E-state index contributed by atoms with van der Waals surface area (Å²) in [6.45, 7) is 0.0275. The Bertz CT molecular complexity index is 657. The van der Waals surface area contributed by atoms with Crippen molar-refractivity contribution >= 4 is 31.3 Å². The topological polar surface area (TPSA) is 84.9 Å². The molecule has 0 saturated heterocycles. The van der Waals surface area contributed by atoms with E-state index in [0.29, 0.717) is 10.8 Å². The number of rotatable bonds is 4. The summed E-state index contributed by atoms with van der Waals surface area (Å²) in [6, 6.07) is 6.77. The summed E-state index contributed by atoms with van der Waals surface area (Å²) in [5, 5.41) is 5.93. The highest BCUT2D eigenvalue weighted by Gasteiger charge is 2.16. The Morgan fingerprint density at radius 2 is 2.17 bits per heavy atom. The van der Waals surface area contributed by atoms with Gasteiger partial charge in [-0.3, -0.25) is 5.10 Å². The minimum absolute atomic E-state index is 0.0275. The Balaban J connectivity index is 2.05. The SMILES string of the molecule is O=S(=O)(Cl)c1n[nH]c(COc2cccc(Cl)c2)n1. The number of nitrogens with one attached hydrogen (secondary N) is 1. The highest BCUT2D eigenvalue weighted by atomic mass is 35.7. The fraction of sp³-hybridized carbons (Fsp3) is 0.111. The maximum absolute atomic E-state index is 10.9. The molecule has 1 aromatic heterocycles. The van der Waals surface area contributed by atoms with Gasteiger partial charge in [-0.05, 0) is 18.2 Å². The molecule has 0 spiro atoms. The van der Waals surface area contributed by atoms with Crippen LogP contribution in [0.1, 0.15) is 5.82 Å². The second-order valence-corrected chi connectivity index (χ2v) is 6.14. The van der Waals surface area contributed by atoms with E-state index < -0.39 is 14.2 Å². The van der Waals surface area contributed by atoms with Gasteiger partial charge in [0.1, 0.15) is 12.4 Å². The van der Waals surface area contributed by atoms with Gasteiger partial charge in [-0.25, -0.2) is 8.42 Å². The van der Waals surface area contributed by atoms with E-state index in [4.69, 9.17) is 27.0 Å². The molecule has 0 radical (unpaired) electrons. The summed E-state index contributed by atoms with van der Waals surface area (Å²) in [4.78, 5) is 3.67. The van der Waals surface area contributed by atoms with Crippen LogP contribution in [0, 0.1) is 0 Å². The number of halogens is 2. The van der Waals surface area contributed by atoms with Crippen molar-refractivity contribution in [2.24, 2.45) is 0 Å². The molecule has 96 valence electrons. The Kier molecular flexibility index (Phi) is 3.74. The highest BCUT2D eigenvalue weighted by molar-refractivity contribution is 8.13. The standard InChI is InChI=1S/C9H7Cl2N3O3S/c10-6-2-1-3-7(4-6)17-5-8-12-9(14-13-8)18(11,15)16/h1-4H,5H2,(H,12,13,14). The largest absolute Gasteiger partial charge is 0.486 e. The Hall–Kier alpha value is -1.31. The van der Waals surface area contributed by atoms with E-state index in [9.17, 15) is 8.42 Å². The zero-order valence-electron chi connectivity index (χ0n) is 8.80. The smallest absolute Gasteiger partial charge is 0.298 e. The average Bonchev–Trinajstić information content (AvgIpc) is 2.74. The van der Waals surface area contributed by atoms with Crippen LogP contribution in [0.25, 0.3) is 0 Å². The van der Waals surface area contributed by atoms with Crippen LogP contribution < -0.4 is 4.74 Å². The molecule has 0 bridgehead atoms. The van der Waals surface area contributed by atoms with E-state index in [0.717, 1.165) is 0 Å². The van der Waals surface area contributed by atoms with E-state index in [1.54, 1.807) is 24.3 Å². The highest BCUT2D eigenvalue weighted by Crippen LogP contribution is 2.18. The van der Waals surface area contributed by atoms with Crippen LogP contribution in [0.15, 0.2) is 29.4 Å². The molecule has 0 aliphatic rings. The number of aromatic amines is 1. The lowest BCUT2D eigenvalue weighted by Crippen LogP contribution is -1.98. The van der Waals surface area contributed by atoms with E-state index in [1.165, 1.54) is 0 Å². The fourth-order valence-electron chi connectivity index (χ4n) is 1.16. The molecule has 0 unspecified atom stereocenters. The summed E-state index contributed by atoms with van der Waals surface area (Å²) >= 11 is 5.78. The molecular formula is C9H7Cl2N3O3S. The van der Waals surface area contributed by atoms with Gasteiger partial charge in [0, 0.05) is 15.7 Å². The van der Waals surface area contributed by atoms with Crippen LogP contribution in [0.5, 0.6) is 5.75 Å². The molecule has 6 nitrogen and oxygen atoms in total. The molecule has 0 amide bonds. The fourth-order valence-corrected chi connectivity index (χ4v) is 1.92. The predicted molar refractivity (Wildman–Crippen MR) is 65.2 cm³/mol. The number of benzene rings is 1. The van der Waals surface area contributed by atoms with Crippen LogP contribution >= 0.6 is 22.3 Å². The Morgan fingerprint density at radius 1 is 1.39 bits per heavy atom. The summed E-state index contributed by atoms with van der Waals surface area (Å²) < 4.78 is 27.2. The summed E-state index contributed by atoms with van der Waals surface area (Å²) in [6.07, 6.45) is 0. The van der Waals surface area contributed by atoms with Gasteiger partial charge in [0.05, 0.1) is 0 Å².